The monoisotopic (exact) mass is 154 g/mol. The highest BCUT2D eigenvalue weighted by atomic mass is 16.5. The molecule has 62 valence electrons. The van der Waals surface area contributed by atoms with Crippen molar-refractivity contribution in [1.29, 1.82) is 0 Å². The van der Waals surface area contributed by atoms with Gasteiger partial charge in [0.15, 0.2) is 0 Å². The maximum absolute atomic E-state index is 10.6. The van der Waals surface area contributed by atoms with Gasteiger partial charge >= 0.3 is 5.97 Å². The number of ether oxygens (including phenoxy) is 1. The van der Waals surface area contributed by atoms with Gasteiger partial charge in [0.05, 0.1) is 6.26 Å². The van der Waals surface area contributed by atoms with E-state index in [4.69, 9.17) is 0 Å². The van der Waals surface area contributed by atoms with Gasteiger partial charge in [0.2, 0.25) is 0 Å². The molecule has 0 unspecified atom stereocenters. The van der Waals surface area contributed by atoms with Crippen LogP contribution >= 0.6 is 0 Å². The molecule has 0 radical (unpaired) electrons. The second kappa shape index (κ2) is 7.06. The maximum atomic E-state index is 10.6. The Labute approximate surface area is 67.6 Å². The third-order valence-corrected chi connectivity index (χ3v) is 1.18. The first-order chi connectivity index (χ1) is 5.31. The zero-order valence-electron chi connectivity index (χ0n) is 6.88. The highest BCUT2D eigenvalue weighted by molar-refractivity contribution is 5.82. The normalized spacial score (nSPS) is 9.91. The lowest BCUT2D eigenvalue weighted by Gasteiger charge is -1.90. The van der Waals surface area contributed by atoms with E-state index in [0.29, 0.717) is 0 Å². The molecule has 2 nitrogen and oxygen atoms in total. The summed E-state index contributed by atoms with van der Waals surface area (Å²) in [6.45, 7) is 5.38. The van der Waals surface area contributed by atoms with Crippen molar-refractivity contribution in [2.24, 2.45) is 0 Å². The summed E-state index contributed by atoms with van der Waals surface area (Å²) >= 11 is 0. The van der Waals surface area contributed by atoms with Gasteiger partial charge in [0.1, 0.15) is 0 Å². The van der Waals surface area contributed by atoms with Crippen molar-refractivity contribution in [2.45, 2.75) is 26.2 Å². The van der Waals surface area contributed by atoms with E-state index >= 15 is 0 Å². The van der Waals surface area contributed by atoms with Crippen molar-refractivity contribution in [2.75, 3.05) is 0 Å². The second-order valence-electron chi connectivity index (χ2n) is 2.15. The average Bonchev–Trinajstić information content (AvgIpc) is 1.99. The van der Waals surface area contributed by atoms with E-state index < -0.39 is 0 Å². The maximum Gasteiger partial charge on any atom is 0.335 e. The van der Waals surface area contributed by atoms with Crippen molar-refractivity contribution in [3.05, 3.63) is 25.0 Å². The van der Waals surface area contributed by atoms with Gasteiger partial charge in [-0.25, -0.2) is 4.79 Å². The molecule has 0 amide bonds. The summed E-state index contributed by atoms with van der Waals surface area (Å²) in [5.41, 5.74) is 0. The molecule has 0 N–H and O–H groups in total. The van der Waals surface area contributed by atoms with Gasteiger partial charge in [-0.05, 0) is 6.42 Å². The van der Waals surface area contributed by atoms with Crippen LogP contribution in [0.25, 0.3) is 0 Å². The summed E-state index contributed by atoms with van der Waals surface area (Å²) in [7, 11) is 0. The largest absolute Gasteiger partial charge is 0.432 e. The Morgan fingerprint density at radius 2 is 2.36 bits per heavy atom. The van der Waals surface area contributed by atoms with Crippen molar-refractivity contribution in [1.82, 2.24) is 0 Å². The predicted molar refractivity (Wildman–Crippen MR) is 45.0 cm³/mol. The highest BCUT2D eigenvalue weighted by Crippen LogP contribution is 1.95. The van der Waals surface area contributed by atoms with Crippen LogP contribution in [0.3, 0.4) is 0 Å². The molecule has 0 aromatic rings. The van der Waals surface area contributed by atoms with Crippen molar-refractivity contribution in [3.8, 4) is 0 Å². The SMILES string of the molecule is C=COC(=O)/C=C/CCCC. The Morgan fingerprint density at radius 3 is 2.91 bits per heavy atom. The van der Waals surface area contributed by atoms with Gasteiger partial charge in [0.25, 0.3) is 0 Å². The first-order valence-electron chi connectivity index (χ1n) is 3.79. The van der Waals surface area contributed by atoms with Gasteiger partial charge in [-0.3, -0.25) is 0 Å². The molecule has 0 aliphatic carbocycles. The zero-order chi connectivity index (χ0) is 8.53. The smallest absolute Gasteiger partial charge is 0.335 e. The third kappa shape index (κ3) is 6.84. The van der Waals surface area contributed by atoms with Gasteiger partial charge in [-0.1, -0.05) is 32.4 Å². The Hall–Kier alpha value is -1.05. The number of allylic oxidation sites excluding steroid dienone is 1. The van der Waals surface area contributed by atoms with Crippen LogP contribution in [0.4, 0.5) is 0 Å². The van der Waals surface area contributed by atoms with Gasteiger partial charge in [0, 0.05) is 6.08 Å². The molecular formula is C9H14O2. The summed E-state index contributed by atoms with van der Waals surface area (Å²) in [6, 6.07) is 0. The number of carbonyl (C=O) groups excluding carboxylic acids is 1. The minimum Gasteiger partial charge on any atom is -0.432 e. The molecule has 0 rings (SSSR count). The van der Waals surface area contributed by atoms with E-state index in [1.807, 2.05) is 6.08 Å². The molecule has 0 saturated heterocycles. The molecule has 2 heteroatoms. The molecule has 0 atom stereocenters. The summed E-state index contributed by atoms with van der Waals surface area (Å²) in [5, 5.41) is 0. The predicted octanol–water partition coefficient (Wildman–Crippen LogP) is 2.42. The van der Waals surface area contributed by atoms with Crippen LogP contribution in [0, 0.1) is 0 Å². The average molecular weight is 154 g/mol. The van der Waals surface area contributed by atoms with Crippen molar-refractivity contribution in [3.63, 3.8) is 0 Å². The topological polar surface area (TPSA) is 26.3 Å². The third-order valence-electron chi connectivity index (χ3n) is 1.18. The molecule has 0 aromatic heterocycles. The van der Waals surface area contributed by atoms with Crippen LogP contribution in [-0.2, 0) is 9.53 Å². The van der Waals surface area contributed by atoms with Gasteiger partial charge in [-0.15, -0.1) is 0 Å². The van der Waals surface area contributed by atoms with E-state index in [-0.39, 0.29) is 5.97 Å². The van der Waals surface area contributed by atoms with Gasteiger partial charge < -0.3 is 4.74 Å². The lowest BCUT2D eigenvalue weighted by Crippen LogP contribution is -1.92. The van der Waals surface area contributed by atoms with Crippen LogP contribution < -0.4 is 0 Å². The summed E-state index contributed by atoms with van der Waals surface area (Å²) < 4.78 is 4.46. The summed E-state index contributed by atoms with van der Waals surface area (Å²) in [4.78, 5) is 10.6. The van der Waals surface area contributed by atoms with E-state index in [2.05, 4.69) is 18.2 Å². The standard InChI is InChI=1S/C9H14O2/c1-3-5-6-7-8-9(10)11-4-2/h4,7-8H,2-3,5-6H2,1H3/b8-7+. The fraction of sp³-hybridized carbons (Fsp3) is 0.444. The quantitative estimate of drug-likeness (QED) is 0.263. The Balaban J connectivity index is 3.40. The van der Waals surface area contributed by atoms with Crippen LogP contribution in [0.5, 0.6) is 0 Å². The molecule has 0 aliphatic rings. The van der Waals surface area contributed by atoms with Crippen molar-refractivity contribution < 1.29 is 9.53 Å². The Kier molecular flexibility index (Phi) is 6.39. The molecule has 0 aromatic carbocycles. The van der Waals surface area contributed by atoms with Crippen LogP contribution in [0.1, 0.15) is 26.2 Å². The molecule has 0 aliphatic heterocycles. The summed E-state index contributed by atoms with van der Waals surface area (Å²) in [5.74, 6) is -0.351. The minimum absolute atomic E-state index is 0.351. The number of hydrogen-bond acceptors (Lipinski definition) is 2. The molecule has 0 saturated carbocycles. The number of unbranched alkanes of at least 4 members (excludes halogenated alkanes) is 2. The Morgan fingerprint density at radius 1 is 1.64 bits per heavy atom. The molecule has 0 heterocycles. The molecule has 0 fully saturated rings. The second-order valence-corrected chi connectivity index (χ2v) is 2.15. The zero-order valence-corrected chi connectivity index (χ0v) is 6.88. The van der Waals surface area contributed by atoms with Gasteiger partial charge in [-0.2, -0.15) is 0 Å². The van der Waals surface area contributed by atoms with Crippen molar-refractivity contribution >= 4 is 5.97 Å². The van der Waals surface area contributed by atoms with Crippen LogP contribution in [-0.4, -0.2) is 5.97 Å². The number of rotatable bonds is 5. The lowest BCUT2D eigenvalue weighted by atomic mass is 10.2. The van der Waals surface area contributed by atoms with Crippen LogP contribution in [0.15, 0.2) is 25.0 Å². The number of hydrogen-bond donors (Lipinski definition) is 0. The summed E-state index contributed by atoms with van der Waals surface area (Å²) in [6.07, 6.45) is 7.56. The first kappa shape index (κ1) is 9.95. The van der Waals surface area contributed by atoms with E-state index in [9.17, 15) is 4.79 Å². The van der Waals surface area contributed by atoms with E-state index in [1.54, 1.807) is 0 Å². The van der Waals surface area contributed by atoms with E-state index in [0.717, 1.165) is 25.5 Å². The highest BCUT2D eigenvalue weighted by Gasteiger charge is 1.89. The Bertz CT molecular complexity index is 148. The fourth-order valence-corrected chi connectivity index (χ4v) is 0.623. The molecular weight excluding hydrogens is 140 g/mol. The lowest BCUT2D eigenvalue weighted by molar-refractivity contribution is -0.132. The number of carbonyl (C=O) groups is 1. The number of esters is 1. The van der Waals surface area contributed by atoms with E-state index in [1.165, 1.54) is 6.08 Å². The minimum atomic E-state index is -0.351. The first-order valence-corrected chi connectivity index (χ1v) is 3.79. The molecule has 11 heavy (non-hydrogen) atoms. The molecule has 0 bridgehead atoms. The molecule has 0 spiro atoms. The van der Waals surface area contributed by atoms with Crippen LogP contribution in [0.2, 0.25) is 0 Å². The fourth-order valence-electron chi connectivity index (χ4n) is 0.623.